The number of rotatable bonds is 4. The molecule has 0 unspecified atom stereocenters. The number of anilines is 1. The topological polar surface area (TPSA) is 45.2 Å². The lowest BCUT2D eigenvalue weighted by molar-refractivity contribution is 0.0946. The van der Waals surface area contributed by atoms with Crippen molar-refractivity contribution in [3.05, 3.63) is 59.4 Å². The molecule has 2 heterocycles. The van der Waals surface area contributed by atoms with Gasteiger partial charge < -0.3 is 10.2 Å². The lowest BCUT2D eigenvalue weighted by Crippen LogP contribution is -2.26. The van der Waals surface area contributed by atoms with E-state index in [-0.39, 0.29) is 5.91 Å². The van der Waals surface area contributed by atoms with Gasteiger partial charge >= 0.3 is 0 Å². The van der Waals surface area contributed by atoms with Crippen molar-refractivity contribution in [2.24, 2.45) is 0 Å². The number of hydrogen-bond acceptors (Lipinski definition) is 3. The first-order valence-electron chi connectivity index (χ1n) is 8.78. The molecule has 0 saturated carbocycles. The van der Waals surface area contributed by atoms with Crippen molar-refractivity contribution in [3.8, 4) is 0 Å². The van der Waals surface area contributed by atoms with Gasteiger partial charge in [0.25, 0.3) is 5.91 Å². The van der Waals surface area contributed by atoms with Crippen LogP contribution in [0.2, 0.25) is 0 Å². The Labute approximate surface area is 143 Å². The van der Waals surface area contributed by atoms with Crippen LogP contribution in [0, 0.1) is 6.92 Å². The molecule has 1 amide bonds. The number of carbonyl (C=O) groups excluding carboxylic acids is 1. The van der Waals surface area contributed by atoms with Gasteiger partial charge in [-0.1, -0.05) is 37.1 Å². The standard InChI is InChI=1S/C20H25N3O/c1-16-8-4-5-9-17(16)15-22-20(24)19-14-18(10-11-21-19)23-12-6-2-3-7-13-23/h4-5,8-11,14H,2-3,6-7,12-13,15H2,1H3,(H,22,24). The van der Waals surface area contributed by atoms with E-state index in [1.807, 2.05) is 30.3 Å². The number of aromatic nitrogens is 1. The third-order valence-electron chi connectivity index (χ3n) is 4.65. The van der Waals surface area contributed by atoms with E-state index in [1.165, 1.54) is 31.2 Å². The number of pyridine rings is 1. The molecule has 0 atom stereocenters. The predicted octanol–water partition coefficient (Wildman–Crippen LogP) is 3.70. The quantitative estimate of drug-likeness (QED) is 0.933. The third-order valence-corrected chi connectivity index (χ3v) is 4.65. The van der Waals surface area contributed by atoms with Crippen LogP contribution in [-0.2, 0) is 6.54 Å². The highest BCUT2D eigenvalue weighted by molar-refractivity contribution is 5.93. The lowest BCUT2D eigenvalue weighted by Gasteiger charge is -2.22. The Morgan fingerprint density at radius 3 is 2.62 bits per heavy atom. The van der Waals surface area contributed by atoms with Gasteiger partial charge in [0.15, 0.2) is 0 Å². The zero-order valence-electron chi connectivity index (χ0n) is 14.3. The van der Waals surface area contributed by atoms with Gasteiger partial charge in [-0.05, 0) is 43.0 Å². The van der Waals surface area contributed by atoms with Gasteiger partial charge in [0.2, 0.25) is 0 Å². The van der Waals surface area contributed by atoms with E-state index in [1.54, 1.807) is 6.20 Å². The number of benzene rings is 1. The van der Waals surface area contributed by atoms with Crippen molar-refractivity contribution in [2.75, 3.05) is 18.0 Å². The molecule has 0 spiro atoms. The first-order valence-corrected chi connectivity index (χ1v) is 8.78. The Balaban J connectivity index is 1.66. The minimum Gasteiger partial charge on any atom is -0.371 e. The molecule has 2 aromatic rings. The monoisotopic (exact) mass is 323 g/mol. The second-order valence-electron chi connectivity index (χ2n) is 6.41. The molecule has 4 nitrogen and oxygen atoms in total. The summed E-state index contributed by atoms with van der Waals surface area (Å²) in [6.07, 6.45) is 6.77. The second kappa shape index (κ2) is 7.95. The molecule has 1 aromatic heterocycles. The van der Waals surface area contributed by atoms with Crippen molar-refractivity contribution >= 4 is 11.6 Å². The molecule has 0 aliphatic carbocycles. The van der Waals surface area contributed by atoms with Crippen LogP contribution >= 0.6 is 0 Å². The van der Waals surface area contributed by atoms with Crippen molar-refractivity contribution in [3.63, 3.8) is 0 Å². The molecule has 0 bridgehead atoms. The maximum absolute atomic E-state index is 12.4. The molecule has 1 aliphatic heterocycles. The third kappa shape index (κ3) is 4.13. The van der Waals surface area contributed by atoms with E-state index in [0.717, 1.165) is 24.3 Å². The Kier molecular flexibility index (Phi) is 5.47. The van der Waals surface area contributed by atoms with Crippen LogP contribution in [0.15, 0.2) is 42.6 Å². The fourth-order valence-electron chi connectivity index (χ4n) is 3.14. The zero-order valence-corrected chi connectivity index (χ0v) is 14.3. The van der Waals surface area contributed by atoms with Gasteiger partial charge in [-0.15, -0.1) is 0 Å². The summed E-state index contributed by atoms with van der Waals surface area (Å²) in [4.78, 5) is 19.1. The normalized spacial score (nSPS) is 15.0. The van der Waals surface area contributed by atoms with Crippen LogP contribution in [0.4, 0.5) is 5.69 Å². The van der Waals surface area contributed by atoms with Crippen LogP contribution in [-0.4, -0.2) is 24.0 Å². The number of amides is 1. The lowest BCUT2D eigenvalue weighted by atomic mass is 10.1. The molecule has 4 heteroatoms. The van der Waals surface area contributed by atoms with Crippen LogP contribution < -0.4 is 10.2 Å². The number of aryl methyl sites for hydroxylation is 1. The maximum atomic E-state index is 12.4. The average molecular weight is 323 g/mol. The Hall–Kier alpha value is -2.36. The molecule has 0 radical (unpaired) electrons. The van der Waals surface area contributed by atoms with Gasteiger partial charge in [0.1, 0.15) is 5.69 Å². The van der Waals surface area contributed by atoms with Crippen LogP contribution in [0.3, 0.4) is 0 Å². The summed E-state index contributed by atoms with van der Waals surface area (Å²) in [7, 11) is 0. The average Bonchev–Trinajstić information content (AvgIpc) is 2.90. The molecular weight excluding hydrogens is 298 g/mol. The van der Waals surface area contributed by atoms with Crippen molar-refractivity contribution in [2.45, 2.75) is 39.2 Å². The van der Waals surface area contributed by atoms with E-state index in [0.29, 0.717) is 12.2 Å². The van der Waals surface area contributed by atoms with Gasteiger partial charge in [0.05, 0.1) is 0 Å². The zero-order chi connectivity index (χ0) is 16.8. The summed E-state index contributed by atoms with van der Waals surface area (Å²) in [5.41, 5.74) is 3.91. The van der Waals surface area contributed by atoms with Gasteiger partial charge in [-0.2, -0.15) is 0 Å². The molecule has 24 heavy (non-hydrogen) atoms. The highest BCUT2D eigenvalue weighted by Crippen LogP contribution is 2.19. The minimum absolute atomic E-state index is 0.116. The smallest absolute Gasteiger partial charge is 0.270 e. The van der Waals surface area contributed by atoms with Crippen molar-refractivity contribution < 1.29 is 4.79 Å². The van der Waals surface area contributed by atoms with Crippen molar-refractivity contribution in [1.29, 1.82) is 0 Å². The Morgan fingerprint density at radius 2 is 1.88 bits per heavy atom. The summed E-state index contributed by atoms with van der Waals surface area (Å²) in [6, 6.07) is 12.0. The molecule has 1 fully saturated rings. The molecule has 1 aliphatic rings. The summed E-state index contributed by atoms with van der Waals surface area (Å²) in [5.74, 6) is -0.116. The van der Waals surface area contributed by atoms with E-state index in [9.17, 15) is 4.79 Å². The summed E-state index contributed by atoms with van der Waals surface area (Å²) < 4.78 is 0. The van der Waals surface area contributed by atoms with Crippen LogP contribution in [0.25, 0.3) is 0 Å². The van der Waals surface area contributed by atoms with Crippen LogP contribution in [0.1, 0.15) is 47.3 Å². The Bertz CT molecular complexity index is 691. The SMILES string of the molecule is Cc1ccccc1CNC(=O)c1cc(N2CCCCCC2)ccn1. The van der Waals surface area contributed by atoms with E-state index >= 15 is 0 Å². The first kappa shape index (κ1) is 16.5. The molecule has 1 aromatic carbocycles. The van der Waals surface area contributed by atoms with Crippen molar-refractivity contribution in [1.82, 2.24) is 10.3 Å². The maximum Gasteiger partial charge on any atom is 0.270 e. The predicted molar refractivity (Wildman–Crippen MR) is 97.3 cm³/mol. The fourth-order valence-corrected chi connectivity index (χ4v) is 3.14. The summed E-state index contributed by atoms with van der Waals surface area (Å²) >= 11 is 0. The van der Waals surface area contributed by atoms with Gasteiger partial charge in [0, 0.05) is 31.5 Å². The largest absolute Gasteiger partial charge is 0.371 e. The summed E-state index contributed by atoms with van der Waals surface area (Å²) in [6.45, 7) is 4.71. The first-order chi connectivity index (χ1) is 11.7. The highest BCUT2D eigenvalue weighted by Gasteiger charge is 2.13. The number of nitrogens with zero attached hydrogens (tertiary/aromatic N) is 2. The van der Waals surface area contributed by atoms with E-state index in [4.69, 9.17) is 0 Å². The van der Waals surface area contributed by atoms with Crippen LogP contribution in [0.5, 0.6) is 0 Å². The molecule has 3 rings (SSSR count). The minimum atomic E-state index is -0.116. The highest BCUT2D eigenvalue weighted by atomic mass is 16.1. The number of hydrogen-bond donors (Lipinski definition) is 1. The van der Waals surface area contributed by atoms with E-state index < -0.39 is 0 Å². The number of nitrogens with one attached hydrogen (secondary N) is 1. The number of carbonyl (C=O) groups is 1. The van der Waals surface area contributed by atoms with Gasteiger partial charge in [-0.25, -0.2) is 0 Å². The summed E-state index contributed by atoms with van der Waals surface area (Å²) in [5, 5.41) is 2.98. The molecule has 1 N–H and O–H groups in total. The molecule has 126 valence electrons. The molecule has 1 saturated heterocycles. The Morgan fingerprint density at radius 1 is 1.12 bits per heavy atom. The van der Waals surface area contributed by atoms with Gasteiger partial charge in [-0.3, -0.25) is 9.78 Å². The second-order valence-corrected chi connectivity index (χ2v) is 6.41. The van der Waals surface area contributed by atoms with E-state index in [2.05, 4.69) is 28.2 Å². The molecular formula is C20H25N3O. The fraction of sp³-hybridized carbons (Fsp3) is 0.400.